The first-order valence-corrected chi connectivity index (χ1v) is 4.61. The fourth-order valence-corrected chi connectivity index (χ4v) is 1.22. The summed E-state index contributed by atoms with van der Waals surface area (Å²) in [5.41, 5.74) is 1.46. The van der Waals surface area contributed by atoms with Crippen molar-refractivity contribution in [1.29, 1.82) is 10.5 Å². The Hall–Kier alpha value is -2.39. The van der Waals surface area contributed by atoms with Gasteiger partial charge in [-0.15, -0.1) is 0 Å². The van der Waals surface area contributed by atoms with Crippen molar-refractivity contribution in [2.24, 2.45) is 0 Å². The van der Waals surface area contributed by atoms with Crippen LogP contribution in [0.25, 0.3) is 6.08 Å². The van der Waals surface area contributed by atoms with Crippen LogP contribution in [0.4, 0.5) is 4.39 Å². The largest absolute Gasteiger partial charge is 0.207 e. The molecular formula is C13H9FN2. The van der Waals surface area contributed by atoms with Crippen LogP contribution in [0.2, 0.25) is 0 Å². The van der Waals surface area contributed by atoms with E-state index in [1.807, 2.05) is 0 Å². The lowest BCUT2D eigenvalue weighted by Gasteiger charge is -1.95. The Kier molecular flexibility index (Phi) is 4.00. The number of allylic oxidation sites excluding steroid dienone is 3. The summed E-state index contributed by atoms with van der Waals surface area (Å²) < 4.78 is 12.9. The molecule has 0 spiro atoms. The lowest BCUT2D eigenvalue weighted by atomic mass is 10.1. The van der Waals surface area contributed by atoms with E-state index >= 15 is 0 Å². The van der Waals surface area contributed by atoms with Crippen molar-refractivity contribution in [2.75, 3.05) is 0 Å². The Bertz CT molecular complexity index is 512. The molecule has 78 valence electrons. The summed E-state index contributed by atoms with van der Waals surface area (Å²) in [6.45, 7) is 1.75. The molecule has 2 nitrogen and oxygen atoms in total. The lowest BCUT2D eigenvalue weighted by Crippen LogP contribution is -1.79. The number of benzene rings is 1. The van der Waals surface area contributed by atoms with E-state index in [1.54, 1.807) is 37.3 Å². The molecule has 16 heavy (non-hydrogen) atoms. The predicted octanol–water partition coefficient (Wildman–Crippen LogP) is 3.20. The van der Waals surface area contributed by atoms with Gasteiger partial charge in [0.2, 0.25) is 0 Å². The first-order valence-electron chi connectivity index (χ1n) is 4.61. The first kappa shape index (κ1) is 11.7. The molecule has 0 atom stereocenters. The molecule has 0 aliphatic carbocycles. The smallest absolute Gasteiger partial charge is 0.129 e. The van der Waals surface area contributed by atoms with Crippen LogP contribution in [-0.2, 0) is 0 Å². The summed E-state index contributed by atoms with van der Waals surface area (Å²) in [7, 11) is 0. The Morgan fingerprint density at radius 3 is 2.56 bits per heavy atom. The minimum atomic E-state index is -0.314. The average Bonchev–Trinajstić information content (AvgIpc) is 2.26. The third kappa shape index (κ3) is 3.40. The minimum Gasteiger partial charge on any atom is -0.207 e. The molecular weight excluding hydrogens is 203 g/mol. The van der Waals surface area contributed by atoms with E-state index in [0.29, 0.717) is 5.56 Å². The van der Waals surface area contributed by atoms with Gasteiger partial charge < -0.3 is 0 Å². The van der Waals surface area contributed by atoms with E-state index in [2.05, 4.69) is 0 Å². The van der Waals surface area contributed by atoms with E-state index < -0.39 is 0 Å². The van der Waals surface area contributed by atoms with Gasteiger partial charge in [0.05, 0.1) is 0 Å². The van der Waals surface area contributed by atoms with Crippen LogP contribution in [0.15, 0.2) is 41.5 Å². The molecule has 0 fully saturated rings. The summed E-state index contributed by atoms with van der Waals surface area (Å²) in [4.78, 5) is 0. The number of nitriles is 2. The summed E-state index contributed by atoms with van der Waals surface area (Å²) in [6.07, 6.45) is 3.17. The summed E-state index contributed by atoms with van der Waals surface area (Å²) >= 11 is 0. The van der Waals surface area contributed by atoms with E-state index in [9.17, 15) is 4.39 Å². The standard InChI is InChI=1S/C13H9FN2/c1-10(6-12(8-15)9-16)5-11-3-2-4-13(14)7-11/h2-7H,1H3. The van der Waals surface area contributed by atoms with E-state index in [4.69, 9.17) is 10.5 Å². The molecule has 0 aliphatic rings. The van der Waals surface area contributed by atoms with Gasteiger partial charge in [0.15, 0.2) is 0 Å². The highest BCUT2D eigenvalue weighted by Gasteiger charge is 1.94. The van der Waals surface area contributed by atoms with Crippen molar-refractivity contribution >= 4 is 6.08 Å². The molecule has 0 radical (unpaired) electrons. The Morgan fingerprint density at radius 2 is 2.00 bits per heavy atom. The SMILES string of the molecule is CC(C=C(C#N)C#N)=Cc1cccc(F)c1. The maximum Gasteiger partial charge on any atom is 0.129 e. The molecule has 0 unspecified atom stereocenters. The molecule has 1 aromatic rings. The summed E-state index contributed by atoms with van der Waals surface area (Å²) in [5, 5.41) is 17.1. The second kappa shape index (κ2) is 5.48. The fraction of sp³-hybridized carbons (Fsp3) is 0.0769. The number of hydrogen-bond acceptors (Lipinski definition) is 2. The number of nitrogens with zero attached hydrogens (tertiary/aromatic N) is 2. The molecule has 0 aromatic heterocycles. The van der Waals surface area contributed by atoms with Crippen LogP contribution in [0.1, 0.15) is 12.5 Å². The molecule has 0 bridgehead atoms. The average molecular weight is 212 g/mol. The van der Waals surface area contributed by atoms with Gasteiger partial charge >= 0.3 is 0 Å². The van der Waals surface area contributed by atoms with Crippen molar-refractivity contribution in [3.05, 3.63) is 52.9 Å². The third-order valence-electron chi connectivity index (χ3n) is 1.86. The second-order valence-corrected chi connectivity index (χ2v) is 3.22. The van der Waals surface area contributed by atoms with Crippen LogP contribution in [-0.4, -0.2) is 0 Å². The highest BCUT2D eigenvalue weighted by atomic mass is 19.1. The second-order valence-electron chi connectivity index (χ2n) is 3.22. The quantitative estimate of drug-likeness (QED) is 0.558. The molecule has 1 aromatic carbocycles. The number of hydrogen-bond donors (Lipinski definition) is 0. The number of halogens is 1. The van der Waals surface area contributed by atoms with Gasteiger partial charge in [0, 0.05) is 0 Å². The Labute approximate surface area is 93.6 Å². The maximum atomic E-state index is 12.9. The van der Waals surface area contributed by atoms with Gasteiger partial charge in [-0.3, -0.25) is 0 Å². The van der Waals surface area contributed by atoms with Crippen LogP contribution in [0, 0.1) is 28.5 Å². The van der Waals surface area contributed by atoms with E-state index in [-0.39, 0.29) is 11.4 Å². The van der Waals surface area contributed by atoms with Gasteiger partial charge in [-0.1, -0.05) is 18.2 Å². The van der Waals surface area contributed by atoms with Crippen LogP contribution in [0.5, 0.6) is 0 Å². The minimum absolute atomic E-state index is 0.0325. The lowest BCUT2D eigenvalue weighted by molar-refractivity contribution is 0.627. The van der Waals surface area contributed by atoms with Crippen LogP contribution < -0.4 is 0 Å². The highest BCUT2D eigenvalue weighted by Crippen LogP contribution is 2.10. The monoisotopic (exact) mass is 212 g/mol. The summed E-state index contributed by atoms with van der Waals surface area (Å²) in [5.74, 6) is -0.314. The molecule has 0 heterocycles. The number of rotatable bonds is 2. The molecule has 3 heteroatoms. The summed E-state index contributed by atoms with van der Waals surface area (Å²) in [6, 6.07) is 9.63. The molecule has 0 saturated carbocycles. The molecule has 0 amide bonds. The van der Waals surface area contributed by atoms with Crippen molar-refractivity contribution in [3.63, 3.8) is 0 Å². The first-order chi connectivity index (χ1) is 7.65. The van der Waals surface area contributed by atoms with Gasteiger partial charge in [-0.05, 0) is 36.3 Å². The van der Waals surface area contributed by atoms with Crippen LogP contribution in [0.3, 0.4) is 0 Å². The Balaban J connectivity index is 2.99. The molecule has 0 N–H and O–H groups in total. The normalized spacial score (nSPS) is 10.1. The maximum absolute atomic E-state index is 12.9. The van der Waals surface area contributed by atoms with E-state index in [0.717, 1.165) is 5.57 Å². The predicted molar refractivity (Wildman–Crippen MR) is 59.4 cm³/mol. The van der Waals surface area contributed by atoms with Crippen molar-refractivity contribution in [1.82, 2.24) is 0 Å². The zero-order chi connectivity index (χ0) is 12.0. The van der Waals surface area contributed by atoms with Crippen molar-refractivity contribution in [3.8, 4) is 12.1 Å². The topological polar surface area (TPSA) is 47.6 Å². The molecule has 0 aliphatic heterocycles. The third-order valence-corrected chi connectivity index (χ3v) is 1.86. The van der Waals surface area contributed by atoms with E-state index in [1.165, 1.54) is 18.2 Å². The van der Waals surface area contributed by atoms with Gasteiger partial charge in [0.1, 0.15) is 23.5 Å². The molecule has 1 rings (SSSR count). The van der Waals surface area contributed by atoms with Gasteiger partial charge in [0.25, 0.3) is 0 Å². The zero-order valence-corrected chi connectivity index (χ0v) is 8.74. The highest BCUT2D eigenvalue weighted by molar-refractivity contribution is 5.57. The van der Waals surface area contributed by atoms with Gasteiger partial charge in [-0.25, -0.2) is 4.39 Å². The van der Waals surface area contributed by atoms with Gasteiger partial charge in [-0.2, -0.15) is 10.5 Å². The molecule has 0 saturated heterocycles. The fourth-order valence-electron chi connectivity index (χ4n) is 1.22. The van der Waals surface area contributed by atoms with Crippen LogP contribution >= 0.6 is 0 Å². The van der Waals surface area contributed by atoms with Crippen molar-refractivity contribution in [2.45, 2.75) is 6.92 Å². The van der Waals surface area contributed by atoms with Crippen molar-refractivity contribution < 1.29 is 4.39 Å². The zero-order valence-electron chi connectivity index (χ0n) is 8.74. The Morgan fingerprint density at radius 1 is 1.31 bits per heavy atom.